The molecule has 0 radical (unpaired) electrons. The number of nitrogens with one attached hydrogen (secondary N) is 1. The van der Waals surface area contributed by atoms with Crippen molar-refractivity contribution in [2.24, 2.45) is 0 Å². The minimum absolute atomic E-state index is 0.0863. The van der Waals surface area contributed by atoms with Crippen molar-refractivity contribution in [3.8, 4) is 0 Å². The molecule has 0 aromatic heterocycles. The number of carbonyl (C=O) groups is 1. The van der Waals surface area contributed by atoms with Crippen LogP contribution in [0.3, 0.4) is 0 Å². The zero-order valence-electron chi connectivity index (χ0n) is 9.92. The minimum Gasteiger partial charge on any atom is -0.379 e. The van der Waals surface area contributed by atoms with Gasteiger partial charge in [0.05, 0.1) is 13.2 Å². The molecular formula is C13H15BrFNO2. The summed E-state index contributed by atoms with van der Waals surface area (Å²) in [5.74, 6) is -0.234. The van der Waals surface area contributed by atoms with Gasteiger partial charge in [-0.15, -0.1) is 0 Å². The van der Waals surface area contributed by atoms with Crippen LogP contribution in [0, 0.1) is 5.82 Å². The first kappa shape index (κ1) is 13.6. The lowest BCUT2D eigenvalue weighted by atomic mass is 10.0. The first-order chi connectivity index (χ1) is 8.63. The summed E-state index contributed by atoms with van der Waals surface area (Å²) in [7, 11) is 0. The molecule has 0 bridgehead atoms. The van der Waals surface area contributed by atoms with Crippen LogP contribution in [-0.2, 0) is 16.0 Å². The molecule has 1 aromatic carbocycles. The maximum absolute atomic E-state index is 13.2. The first-order valence-corrected chi connectivity index (χ1v) is 6.70. The van der Waals surface area contributed by atoms with Crippen LogP contribution in [0.5, 0.6) is 0 Å². The number of ether oxygens (including phenoxy) is 1. The molecule has 0 amide bonds. The molecule has 1 N–H and O–H groups in total. The summed E-state index contributed by atoms with van der Waals surface area (Å²) >= 11 is 3.22. The molecule has 2 rings (SSSR count). The van der Waals surface area contributed by atoms with Crippen LogP contribution in [-0.4, -0.2) is 31.6 Å². The number of carbonyl (C=O) groups excluding carboxylic acids is 1. The SMILES string of the molecule is O=C(Cc1cc(F)cc(Br)c1)CC1COCCN1. The van der Waals surface area contributed by atoms with Gasteiger partial charge in [0.1, 0.15) is 11.6 Å². The summed E-state index contributed by atoms with van der Waals surface area (Å²) in [4.78, 5) is 11.9. The molecule has 1 aliphatic rings. The Hall–Kier alpha value is -0.780. The number of Topliss-reactive ketones (excluding diaryl/α,β-unsaturated/α-hetero) is 1. The monoisotopic (exact) mass is 315 g/mol. The summed E-state index contributed by atoms with van der Waals surface area (Å²) in [5.41, 5.74) is 0.698. The number of rotatable bonds is 4. The molecule has 5 heteroatoms. The number of morpholine rings is 1. The van der Waals surface area contributed by atoms with Crippen LogP contribution < -0.4 is 5.32 Å². The fourth-order valence-electron chi connectivity index (χ4n) is 2.04. The van der Waals surface area contributed by atoms with E-state index in [4.69, 9.17) is 4.74 Å². The van der Waals surface area contributed by atoms with E-state index >= 15 is 0 Å². The number of hydrogen-bond donors (Lipinski definition) is 1. The second kappa shape index (κ2) is 6.41. The lowest BCUT2D eigenvalue weighted by molar-refractivity contribution is -0.119. The highest BCUT2D eigenvalue weighted by molar-refractivity contribution is 9.10. The highest BCUT2D eigenvalue weighted by atomic mass is 79.9. The quantitative estimate of drug-likeness (QED) is 0.924. The molecule has 18 heavy (non-hydrogen) atoms. The van der Waals surface area contributed by atoms with Gasteiger partial charge in [0.25, 0.3) is 0 Å². The highest BCUT2D eigenvalue weighted by Crippen LogP contribution is 2.16. The Morgan fingerprint density at radius 1 is 1.50 bits per heavy atom. The number of ketones is 1. The van der Waals surface area contributed by atoms with Crippen LogP contribution in [0.1, 0.15) is 12.0 Å². The van der Waals surface area contributed by atoms with Gasteiger partial charge in [0, 0.05) is 29.9 Å². The van der Waals surface area contributed by atoms with Crippen molar-refractivity contribution in [1.82, 2.24) is 5.32 Å². The van der Waals surface area contributed by atoms with E-state index in [9.17, 15) is 9.18 Å². The van der Waals surface area contributed by atoms with Crippen molar-refractivity contribution >= 4 is 21.7 Å². The third kappa shape index (κ3) is 4.15. The molecule has 98 valence electrons. The molecule has 0 aliphatic carbocycles. The predicted octanol–water partition coefficient (Wildman–Crippen LogP) is 2.08. The van der Waals surface area contributed by atoms with Gasteiger partial charge in [0.15, 0.2) is 0 Å². The third-order valence-corrected chi connectivity index (χ3v) is 3.25. The third-order valence-electron chi connectivity index (χ3n) is 2.80. The first-order valence-electron chi connectivity index (χ1n) is 5.91. The topological polar surface area (TPSA) is 38.3 Å². The molecule has 0 spiro atoms. The van der Waals surface area contributed by atoms with Gasteiger partial charge in [-0.05, 0) is 23.8 Å². The largest absolute Gasteiger partial charge is 0.379 e. The Kier molecular flexibility index (Phi) is 4.86. The van der Waals surface area contributed by atoms with Crippen molar-refractivity contribution in [2.45, 2.75) is 18.9 Å². The lowest BCUT2D eigenvalue weighted by Crippen LogP contribution is -2.42. The maximum Gasteiger partial charge on any atom is 0.138 e. The van der Waals surface area contributed by atoms with Crippen LogP contribution in [0.15, 0.2) is 22.7 Å². The lowest BCUT2D eigenvalue weighted by Gasteiger charge is -2.23. The van der Waals surface area contributed by atoms with Crippen molar-refractivity contribution in [1.29, 1.82) is 0 Å². The number of halogens is 2. The Morgan fingerprint density at radius 3 is 3.00 bits per heavy atom. The smallest absolute Gasteiger partial charge is 0.138 e. The molecule has 1 aliphatic heterocycles. The number of hydrogen-bond acceptors (Lipinski definition) is 3. The minimum atomic E-state index is -0.328. The second-order valence-corrected chi connectivity index (χ2v) is 5.34. The number of benzene rings is 1. The van der Waals surface area contributed by atoms with Gasteiger partial charge >= 0.3 is 0 Å². The van der Waals surface area contributed by atoms with Crippen molar-refractivity contribution < 1.29 is 13.9 Å². The van der Waals surface area contributed by atoms with Gasteiger partial charge in [-0.2, -0.15) is 0 Å². The molecule has 1 saturated heterocycles. The summed E-state index contributed by atoms with van der Waals surface area (Å²) < 4.78 is 19.1. The molecule has 3 nitrogen and oxygen atoms in total. The molecule has 1 unspecified atom stereocenters. The highest BCUT2D eigenvalue weighted by Gasteiger charge is 2.17. The van der Waals surface area contributed by atoms with E-state index in [0.29, 0.717) is 29.7 Å². The Morgan fingerprint density at radius 2 is 2.33 bits per heavy atom. The predicted molar refractivity (Wildman–Crippen MR) is 70.0 cm³/mol. The molecule has 1 atom stereocenters. The van der Waals surface area contributed by atoms with Crippen molar-refractivity contribution in [3.63, 3.8) is 0 Å². The van der Waals surface area contributed by atoms with Gasteiger partial charge in [0.2, 0.25) is 0 Å². The van der Waals surface area contributed by atoms with Gasteiger partial charge in [-0.1, -0.05) is 15.9 Å². The van der Waals surface area contributed by atoms with E-state index in [1.807, 2.05) is 0 Å². The van der Waals surface area contributed by atoms with Gasteiger partial charge < -0.3 is 10.1 Å². The van der Waals surface area contributed by atoms with Crippen molar-refractivity contribution in [2.75, 3.05) is 19.8 Å². The Balaban J connectivity index is 1.89. The van der Waals surface area contributed by atoms with E-state index in [0.717, 1.165) is 6.54 Å². The summed E-state index contributed by atoms with van der Waals surface area (Å²) in [5, 5.41) is 3.23. The second-order valence-electron chi connectivity index (χ2n) is 4.42. The average Bonchev–Trinajstić information content (AvgIpc) is 2.28. The van der Waals surface area contributed by atoms with Crippen LogP contribution in [0.25, 0.3) is 0 Å². The summed E-state index contributed by atoms with van der Waals surface area (Å²) in [6.07, 6.45) is 0.683. The summed E-state index contributed by atoms with van der Waals surface area (Å²) in [6, 6.07) is 4.63. The standard InChI is InChI=1S/C13H15BrFNO2/c14-10-3-9(4-11(15)6-10)5-13(17)7-12-8-18-2-1-16-12/h3-4,6,12,16H,1-2,5,7-8H2. The van der Waals surface area contributed by atoms with Gasteiger partial charge in [-0.3, -0.25) is 4.79 Å². The molecule has 1 aromatic rings. The normalized spacial score (nSPS) is 19.8. The Labute approximate surface area is 114 Å². The van der Waals surface area contributed by atoms with E-state index in [-0.39, 0.29) is 24.1 Å². The zero-order chi connectivity index (χ0) is 13.0. The molecule has 1 heterocycles. The van der Waals surface area contributed by atoms with Crippen molar-refractivity contribution in [3.05, 3.63) is 34.1 Å². The van der Waals surface area contributed by atoms with E-state index in [1.165, 1.54) is 12.1 Å². The molecule has 0 saturated carbocycles. The van der Waals surface area contributed by atoms with Crippen LogP contribution in [0.2, 0.25) is 0 Å². The van der Waals surface area contributed by atoms with E-state index in [2.05, 4.69) is 21.2 Å². The fourth-order valence-corrected chi connectivity index (χ4v) is 2.55. The van der Waals surface area contributed by atoms with Crippen LogP contribution in [0.4, 0.5) is 4.39 Å². The van der Waals surface area contributed by atoms with Gasteiger partial charge in [-0.25, -0.2) is 4.39 Å². The maximum atomic E-state index is 13.2. The van der Waals surface area contributed by atoms with E-state index < -0.39 is 0 Å². The molecule has 1 fully saturated rings. The molecular weight excluding hydrogens is 301 g/mol. The summed E-state index contributed by atoms with van der Waals surface area (Å²) in [6.45, 7) is 2.05. The van der Waals surface area contributed by atoms with Crippen LogP contribution >= 0.6 is 15.9 Å². The van der Waals surface area contributed by atoms with E-state index in [1.54, 1.807) is 6.07 Å². The zero-order valence-corrected chi connectivity index (χ0v) is 11.5. The fraction of sp³-hybridized carbons (Fsp3) is 0.462. The Bertz CT molecular complexity index is 413. The average molecular weight is 316 g/mol.